The van der Waals surface area contributed by atoms with Crippen LogP contribution in [0.3, 0.4) is 0 Å². The smallest absolute Gasteiger partial charge is 0.275 e. The number of aryl methyl sites for hydroxylation is 2. The third-order valence-corrected chi connectivity index (χ3v) is 6.41. The maximum absolute atomic E-state index is 12.1. The van der Waals surface area contributed by atoms with E-state index in [9.17, 15) is 13.2 Å². The Morgan fingerprint density at radius 2 is 2.00 bits per heavy atom. The number of ether oxygens (including phenoxy) is 1. The van der Waals surface area contributed by atoms with E-state index in [1.54, 1.807) is 13.8 Å². The van der Waals surface area contributed by atoms with Gasteiger partial charge < -0.3 is 4.74 Å². The summed E-state index contributed by atoms with van der Waals surface area (Å²) in [6.07, 6.45) is 5.35. The van der Waals surface area contributed by atoms with Crippen molar-refractivity contribution in [2.45, 2.75) is 56.3 Å². The Balaban J connectivity index is 1.90. The maximum atomic E-state index is 12.1. The molecule has 21 heavy (non-hydrogen) atoms. The zero-order valence-electron chi connectivity index (χ0n) is 12.2. The minimum atomic E-state index is -3.85. The molecule has 1 aliphatic rings. The SMILES string of the molecule is Cc1nc(C)c(S(=O)(=O)NC(=O)COC2CCCCC2)s1. The molecule has 1 amide bonds. The number of amides is 1. The zero-order chi connectivity index (χ0) is 15.5. The molecule has 0 radical (unpaired) electrons. The fourth-order valence-electron chi connectivity index (χ4n) is 2.41. The predicted octanol–water partition coefficient (Wildman–Crippen LogP) is 1.91. The highest BCUT2D eigenvalue weighted by molar-refractivity contribution is 7.92. The number of hydrogen-bond acceptors (Lipinski definition) is 6. The molecule has 0 atom stereocenters. The summed E-state index contributed by atoms with van der Waals surface area (Å²) in [7, 11) is -3.85. The van der Waals surface area contributed by atoms with Crippen molar-refractivity contribution in [3.63, 3.8) is 0 Å². The number of hydrogen-bond donors (Lipinski definition) is 1. The second-order valence-corrected chi connectivity index (χ2v) is 8.29. The molecule has 2 rings (SSSR count). The maximum Gasteiger partial charge on any atom is 0.275 e. The Morgan fingerprint density at radius 3 is 2.57 bits per heavy atom. The Bertz CT molecular complexity index is 604. The Kier molecular flexibility index (Phi) is 5.34. The third kappa shape index (κ3) is 4.49. The van der Waals surface area contributed by atoms with E-state index in [2.05, 4.69) is 4.98 Å². The first-order valence-corrected chi connectivity index (χ1v) is 9.30. The van der Waals surface area contributed by atoms with Gasteiger partial charge >= 0.3 is 0 Å². The summed E-state index contributed by atoms with van der Waals surface area (Å²) in [4.78, 5) is 15.8. The predicted molar refractivity (Wildman–Crippen MR) is 79.7 cm³/mol. The van der Waals surface area contributed by atoms with Gasteiger partial charge in [0.2, 0.25) is 0 Å². The molecule has 1 aromatic heterocycles. The van der Waals surface area contributed by atoms with E-state index >= 15 is 0 Å². The van der Waals surface area contributed by atoms with Crippen LogP contribution in [0.25, 0.3) is 0 Å². The van der Waals surface area contributed by atoms with Gasteiger partial charge in [0.25, 0.3) is 15.9 Å². The summed E-state index contributed by atoms with van der Waals surface area (Å²) >= 11 is 1.05. The molecule has 0 aliphatic heterocycles. The molecule has 1 N–H and O–H groups in total. The fourth-order valence-corrected chi connectivity index (χ4v) is 4.87. The summed E-state index contributed by atoms with van der Waals surface area (Å²) in [6, 6.07) is 0. The molecule has 0 bridgehead atoms. The standard InChI is InChI=1S/C13H20N2O4S2/c1-9-13(20-10(2)14-9)21(17,18)15-12(16)8-19-11-6-4-3-5-7-11/h11H,3-8H2,1-2H3,(H,15,16). The molecule has 1 saturated carbocycles. The molecule has 1 aliphatic carbocycles. The Hall–Kier alpha value is -0.990. The number of carbonyl (C=O) groups is 1. The van der Waals surface area contributed by atoms with Gasteiger partial charge in [0.05, 0.1) is 16.8 Å². The molecule has 8 heteroatoms. The van der Waals surface area contributed by atoms with Crippen molar-refractivity contribution in [1.29, 1.82) is 0 Å². The largest absolute Gasteiger partial charge is 0.368 e. The van der Waals surface area contributed by atoms with Gasteiger partial charge in [-0.15, -0.1) is 11.3 Å². The van der Waals surface area contributed by atoms with E-state index in [1.165, 1.54) is 6.42 Å². The fraction of sp³-hybridized carbons (Fsp3) is 0.692. The summed E-state index contributed by atoms with van der Waals surface area (Å²) in [6.45, 7) is 3.12. The van der Waals surface area contributed by atoms with Crippen molar-refractivity contribution < 1.29 is 17.9 Å². The van der Waals surface area contributed by atoms with Crippen LogP contribution in [-0.2, 0) is 19.6 Å². The average molecular weight is 332 g/mol. The van der Waals surface area contributed by atoms with Crippen LogP contribution in [0.4, 0.5) is 0 Å². The lowest BCUT2D eigenvalue weighted by Gasteiger charge is -2.21. The summed E-state index contributed by atoms with van der Waals surface area (Å²) in [5.74, 6) is -0.633. The van der Waals surface area contributed by atoms with Crippen molar-refractivity contribution in [2.24, 2.45) is 0 Å². The molecule has 118 valence electrons. The molecule has 0 unspecified atom stereocenters. The van der Waals surface area contributed by atoms with Crippen LogP contribution in [0.5, 0.6) is 0 Å². The van der Waals surface area contributed by atoms with Crippen molar-refractivity contribution in [3.05, 3.63) is 10.7 Å². The summed E-state index contributed by atoms with van der Waals surface area (Å²) in [5.41, 5.74) is 0.408. The highest BCUT2D eigenvalue weighted by atomic mass is 32.2. The minimum Gasteiger partial charge on any atom is -0.368 e. The van der Waals surface area contributed by atoms with E-state index in [0.29, 0.717) is 10.7 Å². The van der Waals surface area contributed by atoms with E-state index in [0.717, 1.165) is 37.0 Å². The van der Waals surface area contributed by atoms with Crippen molar-refractivity contribution in [1.82, 2.24) is 9.71 Å². The number of carbonyl (C=O) groups excluding carboxylic acids is 1. The lowest BCUT2D eigenvalue weighted by atomic mass is 9.98. The van der Waals surface area contributed by atoms with Gasteiger partial charge in [-0.2, -0.15) is 0 Å². The first kappa shape index (κ1) is 16.4. The second kappa shape index (κ2) is 6.85. The van der Waals surface area contributed by atoms with Gasteiger partial charge in [0.1, 0.15) is 6.61 Å². The van der Waals surface area contributed by atoms with E-state index < -0.39 is 15.9 Å². The first-order valence-electron chi connectivity index (χ1n) is 7.00. The van der Waals surface area contributed by atoms with Crippen LogP contribution in [0.1, 0.15) is 42.8 Å². The zero-order valence-corrected chi connectivity index (χ0v) is 13.8. The van der Waals surface area contributed by atoms with Gasteiger partial charge in [-0.1, -0.05) is 19.3 Å². The Labute approximate surface area is 129 Å². The third-order valence-electron chi connectivity index (χ3n) is 3.36. The number of rotatable bonds is 5. The Morgan fingerprint density at radius 1 is 1.33 bits per heavy atom. The highest BCUT2D eigenvalue weighted by Gasteiger charge is 2.24. The number of thiazole rings is 1. The molecule has 0 spiro atoms. The van der Waals surface area contributed by atoms with Crippen LogP contribution in [-0.4, -0.2) is 32.0 Å². The number of nitrogens with one attached hydrogen (secondary N) is 1. The number of aromatic nitrogens is 1. The average Bonchev–Trinajstić information content (AvgIpc) is 2.77. The highest BCUT2D eigenvalue weighted by Crippen LogP contribution is 2.23. The van der Waals surface area contributed by atoms with Gasteiger partial charge in [-0.3, -0.25) is 4.79 Å². The van der Waals surface area contributed by atoms with E-state index in [-0.39, 0.29) is 16.9 Å². The van der Waals surface area contributed by atoms with E-state index in [4.69, 9.17) is 4.74 Å². The van der Waals surface area contributed by atoms with Gasteiger partial charge in [0, 0.05) is 0 Å². The van der Waals surface area contributed by atoms with Crippen LogP contribution < -0.4 is 4.72 Å². The van der Waals surface area contributed by atoms with Crippen LogP contribution in [0.15, 0.2) is 4.21 Å². The van der Waals surface area contributed by atoms with Gasteiger partial charge in [-0.25, -0.2) is 18.1 Å². The molecular formula is C13H20N2O4S2. The van der Waals surface area contributed by atoms with Crippen molar-refractivity contribution >= 4 is 27.3 Å². The molecule has 1 fully saturated rings. The quantitative estimate of drug-likeness (QED) is 0.890. The van der Waals surface area contributed by atoms with Crippen LogP contribution >= 0.6 is 11.3 Å². The van der Waals surface area contributed by atoms with Crippen molar-refractivity contribution in [2.75, 3.05) is 6.61 Å². The first-order chi connectivity index (χ1) is 9.88. The van der Waals surface area contributed by atoms with Crippen LogP contribution in [0.2, 0.25) is 0 Å². The minimum absolute atomic E-state index is 0.0691. The number of nitrogens with zero attached hydrogens (tertiary/aromatic N) is 1. The molecule has 6 nitrogen and oxygen atoms in total. The summed E-state index contributed by atoms with van der Waals surface area (Å²) < 4.78 is 31.8. The topological polar surface area (TPSA) is 85.4 Å². The molecule has 1 heterocycles. The van der Waals surface area contributed by atoms with E-state index in [1.807, 2.05) is 4.72 Å². The monoisotopic (exact) mass is 332 g/mol. The second-order valence-electron chi connectivity index (χ2n) is 5.21. The number of sulfonamides is 1. The molecule has 1 aromatic rings. The molecule has 0 aromatic carbocycles. The molecule has 0 saturated heterocycles. The van der Waals surface area contributed by atoms with Crippen LogP contribution in [0, 0.1) is 13.8 Å². The molecular weight excluding hydrogens is 312 g/mol. The summed E-state index contributed by atoms with van der Waals surface area (Å²) in [5, 5.41) is 0.652. The van der Waals surface area contributed by atoms with Gasteiger partial charge in [-0.05, 0) is 26.7 Å². The van der Waals surface area contributed by atoms with Gasteiger partial charge in [0.15, 0.2) is 4.21 Å². The lowest BCUT2D eigenvalue weighted by Crippen LogP contribution is -2.35. The normalized spacial score (nSPS) is 16.9. The van der Waals surface area contributed by atoms with Crippen molar-refractivity contribution in [3.8, 4) is 0 Å². The lowest BCUT2D eigenvalue weighted by molar-refractivity contribution is -0.126.